The molecule has 0 spiro atoms. The van der Waals surface area contributed by atoms with Gasteiger partial charge in [0.25, 0.3) is 0 Å². The summed E-state index contributed by atoms with van der Waals surface area (Å²) in [5, 5.41) is 0. The van der Waals surface area contributed by atoms with Crippen molar-refractivity contribution in [3.63, 3.8) is 0 Å². The quantitative estimate of drug-likeness (QED) is 0.229. The standard InChI is InChI=1S/C27H27N2.Ir/c1-19(2)24-17-23(21-11-7-5-8-12-21)18-25(20(3)4)26(24)29-16-15-28-27(29)22-13-9-6-10-14-22;/h5-13,15-20H,1-4H3;/q-1;/i1D3,3D3;. The Morgan fingerprint density at radius 2 is 1.57 bits per heavy atom. The Morgan fingerprint density at radius 1 is 0.900 bits per heavy atom. The van der Waals surface area contributed by atoms with E-state index in [0.29, 0.717) is 22.6 Å². The molecule has 0 aliphatic rings. The van der Waals surface area contributed by atoms with Crippen LogP contribution in [0.5, 0.6) is 0 Å². The maximum absolute atomic E-state index is 8.18. The van der Waals surface area contributed by atoms with E-state index in [9.17, 15) is 0 Å². The molecule has 0 bridgehead atoms. The van der Waals surface area contributed by atoms with E-state index in [2.05, 4.69) is 11.1 Å². The van der Waals surface area contributed by atoms with Gasteiger partial charge in [-0.2, -0.15) is 0 Å². The van der Waals surface area contributed by atoms with Crippen LogP contribution in [0.15, 0.2) is 79.1 Å². The Morgan fingerprint density at radius 3 is 2.17 bits per heavy atom. The number of nitrogens with zero attached hydrogens (tertiary/aromatic N) is 2. The summed E-state index contributed by atoms with van der Waals surface area (Å²) in [5.41, 5.74) is 4.03. The molecule has 4 rings (SSSR count). The summed E-state index contributed by atoms with van der Waals surface area (Å²) in [6.45, 7) is -1.25. The maximum Gasteiger partial charge on any atom is 0.0602 e. The molecule has 155 valence electrons. The van der Waals surface area contributed by atoms with Gasteiger partial charge >= 0.3 is 0 Å². The van der Waals surface area contributed by atoms with E-state index in [1.165, 1.54) is 0 Å². The second-order valence-electron chi connectivity index (χ2n) is 7.21. The minimum atomic E-state index is -2.29. The van der Waals surface area contributed by atoms with Crippen LogP contribution in [0.1, 0.15) is 58.7 Å². The first-order chi connectivity index (χ1) is 16.5. The van der Waals surface area contributed by atoms with E-state index in [1.807, 2.05) is 60.7 Å². The molecule has 4 aromatic rings. The van der Waals surface area contributed by atoms with Gasteiger partial charge in [0.2, 0.25) is 0 Å². The largest absolute Gasteiger partial charge is 0.340 e. The average molecular weight is 578 g/mol. The molecule has 2 atom stereocenters. The van der Waals surface area contributed by atoms with E-state index in [1.54, 1.807) is 36.9 Å². The zero-order valence-electron chi connectivity index (χ0n) is 22.9. The minimum absolute atomic E-state index is 0. The molecule has 1 heterocycles. The van der Waals surface area contributed by atoms with Gasteiger partial charge in [0, 0.05) is 46.4 Å². The zero-order valence-corrected chi connectivity index (χ0v) is 19.3. The monoisotopic (exact) mass is 578 g/mol. The first kappa shape index (κ1) is 15.3. The number of imidazole rings is 1. The molecule has 0 amide bonds. The van der Waals surface area contributed by atoms with Gasteiger partial charge in [-0.3, -0.25) is 4.98 Å². The van der Waals surface area contributed by atoms with Gasteiger partial charge in [-0.15, -0.1) is 35.9 Å². The zero-order chi connectivity index (χ0) is 25.4. The normalized spacial score (nSPS) is 16.6. The van der Waals surface area contributed by atoms with Crippen LogP contribution < -0.4 is 0 Å². The Balaban J connectivity index is 0.00000361. The van der Waals surface area contributed by atoms with E-state index >= 15 is 0 Å². The topological polar surface area (TPSA) is 17.8 Å². The average Bonchev–Trinajstić information content (AvgIpc) is 3.31. The molecular formula is C27H27IrN2-. The third-order valence-electron chi connectivity index (χ3n) is 5.04. The first-order valence-corrected chi connectivity index (χ1v) is 9.72. The van der Waals surface area contributed by atoms with Crippen LogP contribution in [0.3, 0.4) is 0 Å². The van der Waals surface area contributed by atoms with Crippen molar-refractivity contribution in [1.29, 1.82) is 0 Å². The van der Waals surface area contributed by atoms with Gasteiger partial charge in [0.05, 0.1) is 5.82 Å². The fourth-order valence-electron chi connectivity index (χ4n) is 3.63. The van der Waals surface area contributed by atoms with Gasteiger partial charge in [0.15, 0.2) is 0 Å². The predicted octanol–water partition coefficient (Wildman–Crippen LogP) is 7.25. The minimum Gasteiger partial charge on any atom is -0.340 e. The third-order valence-corrected chi connectivity index (χ3v) is 5.04. The van der Waals surface area contributed by atoms with Crippen molar-refractivity contribution in [3.8, 4) is 28.2 Å². The van der Waals surface area contributed by atoms with Crippen LogP contribution in [0.4, 0.5) is 0 Å². The number of benzene rings is 3. The molecule has 0 N–H and O–H groups in total. The van der Waals surface area contributed by atoms with Gasteiger partial charge in [-0.05, 0) is 46.2 Å². The Hall–Kier alpha value is -2.48. The van der Waals surface area contributed by atoms with E-state index in [0.717, 1.165) is 16.7 Å². The van der Waals surface area contributed by atoms with Crippen LogP contribution >= 0.6 is 0 Å². The Bertz CT molecular complexity index is 1260. The summed E-state index contributed by atoms with van der Waals surface area (Å²) in [5.74, 6) is -1.13. The molecule has 0 fully saturated rings. The van der Waals surface area contributed by atoms with Crippen LogP contribution in [-0.4, -0.2) is 9.55 Å². The second kappa shape index (κ2) is 9.55. The molecule has 0 aliphatic heterocycles. The molecular weight excluding hydrogens is 545 g/mol. The second-order valence-corrected chi connectivity index (χ2v) is 7.21. The molecule has 1 radical (unpaired) electrons. The molecule has 30 heavy (non-hydrogen) atoms. The number of hydrogen-bond acceptors (Lipinski definition) is 1. The molecule has 0 saturated carbocycles. The smallest absolute Gasteiger partial charge is 0.0602 e. The molecule has 0 aliphatic carbocycles. The SMILES string of the molecule is [2H]C([2H])([2H])C(C)c1cc(-c2ccccc2)cc(C(C)C([2H])([2H])[2H])c1-n1ccnc1-c1[c-]cccc1.[Ir]. The van der Waals surface area contributed by atoms with E-state index in [4.69, 9.17) is 8.22 Å². The van der Waals surface area contributed by atoms with Crippen LogP contribution in [0, 0.1) is 6.07 Å². The molecule has 0 saturated heterocycles. The van der Waals surface area contributed by atoms with Gasteiger partial charge in [0.1, 0.15) is 0 Å². The van der Waals surface area contributed by atoms with E-state index in [-0.39, 0.29) is 20.1 Å². The summed E-state index contributed by atoms with van der Waals surface area (Å²) < 4.78 is 50.9. The van der Waals surface area contributed by atoms with Crippen molar-refractivity contribution in [2.24, 2.45) is 0 Å². The molecule has 3 heteroatoms. The van der Waals surface area contributed by atoms with Crippen LogP contribution in [0.25, 0.3) is 28.2 Å². The molecule has 2 nitrogen and oxygen atoms in total. The van der Waals surface area contributed by atoms with Crippen molar-refractivity contribution in [3.05, 3.63) is 96.3 Å². The van der Waals surface area contributed by atoms with Gasteiger partial charge in [-0.25, -0.2) is 0 Å². The number of rotatable bonds is 5. The molecule has 1 aromatic heterocycles. The summed E-state index contributed by atoms with van der Waals surface area (Å²) in [6, 6.07) is 23.9. The van der Waals surface area contributed by atoms with Crippen molar-refractivity contribution < 1.29 is 28.3 Å². The summed E-state index contributed by atoms with van der Waals surface area (Å²) in [4.78, 5) is 4.52. The Kier molecular flexibility index (Phi) is 4.88. The van der Waals surface area contributed by atoms with E-state index < -0.39 is 25.5 Å². The fraction of sp³-hybridized carbons (Fsp3) is 0.222. The number of hydrogen-bond donors (Lipinski definition) is 0. The Labute approximate surface area is 201 Å². The van der Waals surface area contributed by atoms with Crippen molar-refractivity contribution >= 4 is 0 Å². The summed E-state index contributed by atoms with van der Waals surface area (Å²) in [6.07, 6.45) is 3.38. The van der Waals surface area contributed by atoms with Crippen molar-refractivity contribution in [1.82, 2.24) is 9.55 Å². The van der Waals surface area contributed by atoms with Crippen LogP contribution in [0.2, 0.25) is 0 Å². The van der Waals surface area contributed by atoms with Gasteiger partial charge < -0.3 is 4.57 Å². The van der Waals surface area contributed by atoms with Crippen LogP contribution in [-0.2, 0) is 20.1 Å². The maximum atomic E-state index is 8.18. The van der Waals surface area contributed by atoms with Gasteiger partial charge in [-0.1, -0.05) is 57.9 Å². The summed E-state index contributed by atoms with van der Waals surface area (Å²) in [7, 11) is 0. The summed E-state index contributed by atoms with van der Waals surface area (Å²) >= 11 is 0. The number of aromatic nitrogens is 2. The fourth-order valence-corrected chi connectivity index (χ4v) is 3.63. The molecule has 3 aromatic carbocycles. The van der Waals surface area contributed by atoms with Crippen molar-refractivity contribution in [2.75, 3.05) is 0 Å². The third kappa shape index (κ3) is 4.33. The van der Waals surface area contributed by atoms with Crippen molar-refractivity contribution in [2.45, 2.75) is 39.4 Å². The predicted molar refractivity (Wildman–Crippen MR) is 121 cm³/mol. The molecule has 2 unspecified atom stereocenters. The first-order valence-electron chi connectivity index (χ1n) is 12.7.